The van der Waals surface area contributed by atoms with Gasteiger partial charge in [-0.15, -0.1) is 0 Å². The second-order valence-electron chi connectivity index (χ2n) is 6.49. The van der Waals surface area contributed by atoms with E-state index in [0.717, 1.165) is 0 Å². The van der Waals surface area contributed by atoms with Crippen molar-refractivity contribution in [1.82, 2.24) is 14.4 Å². The molecule has 1 fully saturated rings. The van der Waals surface area contributed by atoms with Gasteiger partial charge in [0.25, 0.3) is 5.91 Å². The van der Waals surface area contributed by atoms with Crippen LogP contribution in [-0.2, 0) is 32.5 Å². The number of hydrogen-bond acceptors (Lipinski definition) is 8. The molecule has 1 saturated heterocycles. The number of carbonyl (C=O) groups excluding carboxylic acids is 1. The second-order valence-corrected chi connectivity index (χ2v) is 8.81. The monoisotopic (exact) mass is 442 g/mol. The second kappa shape index (κ2) is 7.90. The zero-order valence-corrected chi connectivity index (χ0v) is 17.2. The number of carbonyl (C=O) groups is 1. The molecule has 0 aliphatic carbocycles. The van der Waals surface area contributed by atoms with E-state index in [-0.39, 0.29) is 47.8 Å². The van der Waals surface area contributed by atoms with Gasteiger partial charge >= 0.3 is 0 Å². The van der Waals surface area contributed by atoms with Gasteiger partial charge < -0.3 is 14.0 Å². The van der Waals surface area contributed by atoms with Crippen molar-refractivity contribution in [2.75, 3.05) is 37.8 Å². The molecule has 1 amide bonds. The minimum absolute atomic E-state index is 0.000834. The molecule has 2 aliphatic rings. The van der Waals surface area contributed by atoms with Gasteiger partial charge in [-0.1, -0.05) is 23.7 Å². The first-order valence-corrected chi connectivity index (χ1v) is 10.9. The molecule has 1 aromatic carbocycles. The molecule has 10 nitrogen and oxygen atoms in total. The highest BCUT2D eigenvalue weighted by Gasteiger charge is 2.33. The van der Waals surface area contributed by atoms with Crippen LogP contribution in [0.15, 0.2) is 21.6 Å². The van der Waals surface area contributed by atoms with E-state index in [4.69, 9.17) is 25.6 Å². The lowest BCUT2D eigenvalue weighted by atomic mass is 10.2. The predicted octanol–water partition coefficient (Wildman–Crippen LogP) is 1.23. The van der Waals surface area contributed by atoms with Crippen LogP contribution in [0.25, 0.3) is 0 Å². The van der Waals surface area contributed by atoms with Gasteiger partial charge in [-0.3, -0.25) is 9.69 Å². The molecule has 1 aromatic heterocycles. The predicted molar refractivity (Wildman–Crippen MR) is 101 cm³/mol. The molecule has 0 radical (unpaired) electrons. The van der Waals surface area contributed by atoms with E-state index >= 15 is 0 Å². The van der Waals surface area contributed by atoms with Crippen LogP contribution in [0.2, 0.25) is 5.02 Å². The van der Waals surface area contributed by atoms with Gasteiger partial charge in [0.05, 0.1) is 30.5 Å². The molecule has 156 valence electrons. The van der Waals surface area contributed by atoms with Crippen LogP contribution < -0.4 is 9.64 Å². The lowest BCUT2D eigenvalue weighted by Gasteiger charge is -2.30. The number of amides is 1. The molecular formula is C17H19ClN4O6S. The Balaban J connectivity index is 1.68. The largest absolute Gasteiger partial charge is 0.482 e. The lowest BCUT2D eigenvalue weighted by Crippen LogP contribution is -2.41. The molecule has 12 heteroatoms. The van der Waals surface area contributed by atoms with Crippen LogP contribution in [0.4, 0.5) is 5.69 Å². The maximum atomic E-state index is 13.0. The van der Waals surface area contributed by atoms with Crippen molar-refractivity contribution >= 4 is 33.2 Å². The van der Waals surface area contributed by atoms with Crippen molar-refractivity contribution in [1.29, 1.82) is 0 Å². The highest BCUT2D eigenvalue weighted by atomic mass is 35.5. The summed E-state index contributed by atoms with van der Waals surface area (Å²) < 4.78 is 43.1. The summed E-state index contributed by atoms with van der Waals surface area (Å²) in [6.07, 6.45) is 0.579. The highest BCUT2D eigenvalue weighted by molar-refractivity contribution is 7.89. The molecule has 0 atom stereocenters. The van der Waals surface area contributed by atoms with Gasteiger partial charge in [0.2, 0.25) is 15.9 Å². The Morgan fingerprint density at radius 1 is 1.24 bits per heavy atom. The number of aromatic nitrogens is 2. The van der Waals surface area contributed by atoms with Crippen LogP contribution in [0, 0.1) is 0 Å². The number of anilines is 1. The molecule has 0 N–H and O–H groups in total. The first kappa shape index (κ1) is 20.1. The minimum Gasteiger partial charge on any atom is -0.482 e. The number of morpholine rings is 1. The van der Waals surface area contributed by atoms with Crippen molar-refractivity contribution in [3.05, 3.63) is 28.9 Å². The van der Waals surface area contributed by atoms with Gasteiger partial charge in [0, 0.05) is 25.6 Å². The maximum Gasteiger partial charge on any atom is 0.265 e. The Morgan fingerprint density at radius 3 is 2.69 bits per heavy atom. The zero-order chi connectivity index (χ0) is 20.6. The lowest BCUT2D eigenvalue weighted by molar-refractivity contribution is -0.121. The van der Waals surface area contributed by atoms with E-state index in [1.54, 1.807) is 0 Å². The average Bonchev–Trinajstić information content (AvgIpc) is 3.18. The highest BCUT2D eigenvalue weighted by Crippen LogP contribution is 2.40. The Kier molecular flexibility index (Phi) is 5.47. The van der Waals surface area contributed by atoms with E-state index in [9.17, 15) is 13.2 Å². The molecule has 3 heterocycles. The van der Waals surface area contributed by atoms with E-state index in [2.05, 4.69) is 10.1 Å². The molecule has 29 heavy (non-hydrogen) atoms. The van der Waals surface area contributed by atoms with Gasteiger partial charge in [-0.2, -0.15) is 9.29 Å². The third-order valence-corrected chi connectivity index (χ3v) is 7.02. The van der Waals surface area contributed by atoms with Crippen LogP contribution in [0.1, 0.15) is 18.6 Å². The quantitative estimate of drug-likeness (QED) is 0.679. The van der Waals surface area contributed by atoms with Crippen LogP contribution in [-0.4, -0.2) is 61.7 Å². The Morgan fingerprint density at radius 2 is 2.00 bits per heavy atom. The minimum atomic E-state index is -3.82. The van der Waals surface area contributed by atoms with Crippen molar-refractivity contribution < 1.29 is 27.2 Å². The molecular weight excluding hydrogens is 424 g/mol. The number of aryl methyl sites for hydroxylation is 1. The van der Waals surface area contributed by atoms with E-state index < -0.39 is 10.0 Å². The molecule has 2 aromatic rings. The number of sulfonamides is 1. The Hall–Kier alpha value is -2.21. The molecule has 0 spiro atoms. The van der Waals surface area contributed by atoms with E-state index in [0.29, 0.717) is 37.0 Å². The van der Waals surface area contributed by atoms with Crippen molar-refractivity contribution in [2.24, 2.45) is 0 Å². The maximum absolute atomic E-state index is 13.0. The summed E-state index contributed by atoms with van der Waals surface area (Å²) in [5.74, 6) is 0.732. The Bertz CT molecular complexity index is 1030. The molecule has 0 saturated carbocycles. The SMILES string of the molecule is CCc1nc(CN2C(=O)COc3cc(S(=O)(=O)N4CCOCC4)c(Cl)cc32)no1. The molecule has 2 aliphatic heterocycles. The third-order valence-electron chi connectivity index (χ3n) is 4.66. The summed E-state index contributed by atoms with van der Waals surface area (Å²) >= 11 is 6.33. The van der Waals surface area contributed by atoms with Crippen LogP contribution >= 0.6 is 11.6 Å². The number of benzene rings is 1. The summed E-state index contributed by atoms with van der Waals surface area (Å²) in [4.78, 5) is 18.0. The number of halogens is 1. The van der Waals surface area contributed by atoms with Gasteiger partial charge in [-0.25, -0.2) is 8.42 Å². The normalized spacial score (nSPS) is 17.9. The fourth-order valence-corrected chi connectivity index (χ4v) is 5.06. The van der Waals surface area contributed by atoms with Crippen molar-refractivity contribution in [3.8, 4) is 5.75 Å². The van der Waals surface area contributed by atoms with E-state index in [1.165, 1.54) is 21.3 Å². The first-order chi connectivity index (χ1) is 13.9. The molecule has 0 bridgehead atoms. The number of nitrogens with zero attached hydrogens (tertiary/aromatic N) is 4. The van der Waals surface area contributed by atoms with Crippen molar-refractivity contribution in [3.63, 3.8) is 0 Å². The van der Waals surface area contributed by atoms with E-state index in [1.807, 2.05) is 6.92 Å². The van der Waals surface area contributed by atoms with Crippen molar-refractivity contribution in [2.45, 2.75) is 24.8 Å². The average molecular weight is 443 g/mol. The van der Waals surface area contributed by atoms with Gasteiger partial charge in [-0.05, 0) is 6.07 Å². The zero-order valence-electron chi connectivity index (χ0n) is 15.6. The fraction of sp³-hybridized carbons (Fsp3) is 0.471. The van der Waals surface area contributed by atoms with Crippen LogP contribution in [0.3, 0.4) is 0 Å². The number of rotatable bonds is 5. The summed E-state index contributed by atoms with van der Waals surface area (Å²) in [6.45, 7) is 2.85. The number of ether oxygens (including phenoxy) is 2. The third kappa shape index (κ3) is 3.82. The smallest absolute Gasteiger partial charge is 0.265 e. The Labute approximate surface area is 172 Å². The summed E-state index contributed by atoms with van der Waals surface area (Å²) in [5.41, 5.74) is 0.357. The van der Waals surface area contributed by atoms with Crippen LogP contribution in [0.5, 0.6) is 5.75 Å². The van der Waals surface area contributed by atoms with Gasteiger partial charge in [0.15, 0.2) is 12.4 Å². The first-order valence-electron chi connectivity index (χ1n) is 9.06. The summed E-state index contributed by atoms with van der Waals surface area (Å²) in [6, 6.07) is 2.78. The topological polar surface area (TPSA) is 115 Å². The fourth-order valence-electron chi connectivity index (χ4n) is 3.14. The number of hydrogen-bond donors (Lipinski definition) is 0. The molecule has 0 unspecified atom stereocenters. The molecule has 4 rings (SSSR count). The summed E-state index contributed by atoms with van der Waals surface area (Å²) in [7, 11) is -3.82. The summed E-state index contributed by atoms with van der Waals surface area (Å²) in [5, 5.41) is 3.86. The number of fused-ring (bicyclic) bond motifs is 1. The standard InChI is InChI=1S/C17H19ClN4O6S/c1-2-16-19-15(20-28-16)9-22-12-7-11(18)14(8-13(12)27-10-17(22)23)29(24,25)21-3-5-26-6-4-21/h7-8H,2-6,9-10H2,1H3. The van der Waals surface area contributed by atoms with Gasteiger partial charge in [0.1, 0.15) is 10.6 Å².